The van der Waals surface area contributed by atoms with Gasteiger partial charge in [-0.3, -0.25) is 0 Å². The van der Waals surface area contributed by atoms with E-state index in [4.69, 9.17) is 0 Å². The Morgan fingerprint density at radius 3 is 0.771 bits per heavy atom. The van der Waals surface area contributed by atoms with E-state index >= 15 is 0 Å². The number of allylic oxidation sites excluding steroid dienone is 2. The van der Waals surface area contributed by atoms with E-state index in [1.54, 1.807) is 4.70 Å². The molecule has 560 valence electrons. The number of hydrogen-bond donors (Lipinski definition) is 0. The minimum atomic E-state index is 1.01. The van der Waals surface area contributed by atoms with Gasteiger partial charge in [0.15, 0.2) is 0 Å². The van der Waals surface area contributed by atoms with Gasteiger partial charge in [-0.05, 0) is 86.8 Å². The first-order chi connectivity index (χ1) is 47.6. The Bertz CT molecular complexity index is 1950. The molecule has 3 heteroatoms. The van der Waals surface area contributed by atoms with Crippen molar-refractivity contribution in [3.63, 3.8) is 0 Å². The van der Waals surface area contributed by atoms with Gasteiger partial charge in [-0.25, -0.2) is 4.70 Å². The zero-order valence-electron chi connectivity index (χ0n) is 66.0. The molecule has 1 aliphatic heterocycles. The molecule has 0 unspecified atom stereocenters. The van der Waals surface area contributed by atoms with Gasteiger partial charge in [-0.2, -0.15) is 0 Å². The zero-order valence-corrected chi connectivity index (χ0v) is 67.0. The summed E-state index contributed by atoms with van der Waals surface area (Å²) in [6.07, 6.45) is 97.9. The van der Waals surface area contributed by atoms with Gasteiger partial charge in [0.05, 0.1) is 0 Å². The normalized spacial score (nSPS) is 12.5. The standard InChI is InChI=1S/C35H50N2.2C29H59.Ni/c1-5-9-13-15-22-32-33(21-14-10-6-2)35(31-20-16-19-29(27-31)18-12-8-4)37(36)34(32)30-25-23-28(24-26-30)17-11-7-3;2*1-3-5-7-9-11-13-15-17-19-21-23-25-27-29-28-26-24-22-20-18-16-14-12-10-8-6-4-2;/h16,19-20,23-27H,5-15,17-18,21-22H2,1-4H3;2*1,3-29H2,2H3;. The van der Waals surface area contributed by atoms with Crippen molar-refractivity contribution >= 4 is 11.4 Å². The van der Waals surface area contributed by atoms with E-state index < -0.39 is 0 Å². The summed E-state index contributed by atoms with van der Waals surface area (Å²) >= 11 is 2.05. The van der Waals surface area contributed by atoms with Gasteiger partial charge in [0.2, 0.25) is 11.4 Å². The fourth-order valence-electron chi connectivity index (χ4n) is 14.9. The minimum absolute atomic E-state index is 1.01. The maximum atomic E-state index is 11.9. The monoisotopic (exact) mass is 1370 g/mol. The van der Waals surface area contributed by atoms with Crippen LogP contribution in [0.3, 0.4) is 0 Å². The second-order valence-electron chi connectivity index (χ2n) is 30.7. The van der Waals surface area contributed by atoms with E-state index in [1.807, 2.05) is 0 Å². The molecule has 0 spiro atoms. The van der Waals surface area contributed by atoms with E-state index in [2.05, 4.69) is 105 Å². The Balaban J connectivity index is 0.000000721. The molecule has 2 aromatic rings. The summed E-state index contributed by atoms with van der Waals surface area (Å²) in [5, 5.41) is 2.87. The number of nitrogens with zero attached hydrogens (tertiary/aromatic N) is 2. The van der Waals surface area contributed by atoms with Gasteiger partial charge in [0.25, 0.3) is 0 Å². The first kappa shape index (κ1) is 90.1. The molecule has 0 atom stereocenters. The van der Waals surface area contributed by atoms with Crippen molar-refractivity contribution in [2.45, 2.75) is 495 Å². The number of unbranched alkanes of at least 4 members (excludes halogenated alkanes) is 59. The van der Waals surface area contributed by atoms with Gasteiger partial charge >= 0.3 is 166 Å². The van der Waals surface area contributed by atoms with Crippen molar-refractivity contribution in [1.29, 1.82) is 0 Å². The number of benzene rings is 2. The Morgan fingerprint density at radius 2 is 0.469 bits per heavy atom. The van der Waals surface area contributed by atoms with Crippen molar-refractivity contribution in [2.24, 2.45) is 0 Å². The Hall–Kier alpha value is -1.99. The summed E-state index contributed by atoms with van der Waals surface area (Å²) in [5.41, 5.74) is 21.7. The molecule has 0 aliphatic carbocycles. The van der Waals surface area contributed by atoms with Gasteiger partial charge in [0.1, 0.15) is 0 Å². The second-order valence-corrected chi connectivity index (χ2v) is 32.2. The molecule has 0 fully saturated rings. The third kappa shape index (κ3) is 52.0. The van der Waals surface area contributed by atoms with E-state index in [0.717, 1.165) is 48.2 Å². The Morgan fingerprint density at radius 1 is 0.229 bits per heavy atom. The molecule has 0 bridgehead atoms. The topological polar surface area (TPSA) is 25.3 Å². The fourth-order valence-corrected chi connectivity index (χ4v) is 16.1. The molecule has 3 rings (SSSR count). The average Bonchev–Trinajstić information content (AvgIpc) is 1.61. The molecule has 2 nitrogen and oxygen atoms in total. The summed E-state index contributed by atoms with van der Waals surface area (Å²) in [4.78, 5) is 0. The van der Waals surface area contributed by atoms with E-state index in [9.17, 15) is 5.53 Å². The maximum absolute atomic E-state index is 11.9. The van der Waals surface area contributed by atoms with Crippen LogP contribution in [0.1, 0.15) is 494 Å². The van der Waals surface area contributed by atoms with Crippen LogP contribution in [-0.4, -0.2) is 4.70 Å². The van der Waals surface area contributed by atoms with Gasteiger partial charge in [-0.1, -0.05) is 316 Å². The molecule has 2 aromatic carbocycles. The van der Waals surface area contributed by atoms with Crippen LogP contribution >= 0.6 is 0 Å². The van der Waals surface area contributed by atoms with Crippen molar-refractivity contribution < 1.29 is 19.1 Å². The molecular weight excluding hydrogens is 1200 g/mol. The molecule has 1 heterocycles. The van der Waals surface area contributed by atoms with E-state index in [1.165, 1.54) is 450 Å². The predicted molar refractivity (Wildman–Crippen MR) is 431 cm³/mol. The summed E-state index contributed by atoms with van der Waals surface area (Å²) in [6.45, 7) is 13.7. The fraction of sp³-hybridized carbons (Fsp3) is 0.828. The Labute approximate surface area is 609 Å². The van der Waals surface area contributed by atoms with Crippen LogP contribution < -0.4 is 0 Å². The molecule has 0 saturated carbocycles. The summed E-state index contributed by atoms with van der Waals surface area (Å²) in [7, 11) is 0. The molecule has 0 aromatic heterocycles. The van der Waals surface area contributed by atoms with Crippen molar-refractivity contribution in [1.82, 2.24) is 0 Å². The first-order valence-corrected chi connectivity index (χ1v) is 45.5. The van der Waals surface area contributed by atoms with Crippen LogP contribution in [0.5, 0.6) is 0 Å². The number of aryl methyl sites for hydroxylation is 2. The summed E-state index contributed by atoms with van der Waals surface area (Å²) < 4.78 is 1.55. The van der Waals surface area contributed by atoms with Gasteiger partial charge < -0.3 is 5.53 Å². The molecule has 0 amide bonds. The van der Waals surface area contributed by atoms with Crippen molar-refractivity contribution in [2.75, 3.05) is 0 Å². The van der Waals surface area contributed by atoms with Gasteiger partial charge in [0, 0.05) is 22.3 Å². The minimum Gasteiger partial charge on any atom is -0.0654 e. The molecule has 96 heavy (non-hydrogen) atoms. The summed E-state index contributed by atoms with van der Waals surface area (Å²) in [5.74, 6) is 0. The van der Waals surface area contributed by atoms with Crippen LogP contribution in [0, 0.1) is 0 Å². The van der Waals surface area contributed by atoms with Crippen LogP contribution in [0.2, 0.25) is 10.8 Å². The van der Waals surface area contributed by atoms with E-state index in [-0.39, 0.29) is 0 Å². The SMILES string of the molecule is CCCCCCC1=C(c2ccc(CCCC)cc2)[N+](=[N-])C(c2cccc(CCCC)c2)=C1CCCCC.CCCCCCCCCCCCCCCCCCCCCCCCCCCC[CH2][Ni][CH2]CCCCCCCCCCCCCCCCCCCCCCCCCCCC. The zero-order chi connectivity index (χ0) is 68.8. The third-order valence-electron chi connectivity index (χ3n) is 21.4. The van der Waals surface area contributed by atoms with Crippen LogP contribution in [0.15, 0.2) is 59.7 Å². The van der Waals surface area contributed by atoms with Gasteiger partial charge in [-0.15, -0.1) is 0 Å². The molecular formula is C93H168N2Ni. The van der Waals surface area contributed by atoms with Crippen molar-refractivity contribution in [3.05, 3.63) is 87.5 Å². The summed E-state index contributed by atoms with van der Waals surface area (Å²) in [6, 6.07) is 17.9. The molecule has 0 radical (unpaired) electrons. The predicted octanol–water partition coefficient (Wildman–Crippen LogP) is 34.1. The number of rotatable bonds is 73. The quantitative estimate of drug-likeness (QED) is 0.0358. The Kier molecular flexibility index (Phi) is 67.0. The van der Waals surface area contributed by atoms with Crippen LogP contribution in [0.25, 0.3) is 16.9 Å². The smallest absolute Gasteiger partial charge is 0.0654 e. The average molecular weight is 1370 g/mol. The van der Waals surface area contributed by atoms with Crippen LogP contribution in [-0.2, 0) is 27.3 Å². The number of hydrogen-bond acceptors (Lipinski definition) is 0. The molecule has 0 saturated heterocycles. The van der Waals surface area contributed by atoms with Crippen molar-refractivity contribution in [3.8, 4) is 0 Å². The molecule has 1 aliphatic rings. The second kappa shape index (κ2) is 71.4. The van der Waals surface area contributed by atoms with Crippen LogP contribution in [0.4, 0.5) is 0 Å². The molecule has 0 N–H and O–H groups in total. The van der Waals surface area contributed by atoms with E-state index in [0.29, 0.717) is 0 Å². The third-order valence-corrected chi connectivity index (χ3v) is 22.8. The first-order valence-electron chi connectivity index (χ1n) is 44.1.